The van der Waals surface area contributed by atoms with E-state index in [9.17, 15) is 4.79 Å². The van der Waals surface area contributed by atoms with Gasteiger partial charge in [0.1, 0.15) is 4.83 Å². The van der Waals surface area contributed by atoms with Gasteiger partial charge in [-0.1, -0.05) is 54.1 Å². The van der Waals surface area contributed by atoms with Crippen LogP contribution in [0.5, 0.6) is 0 Å². The Morgan fingerprint density at radius 1 is 1.08 bits per heavy atom. The van der Waals surface area contributed by atoms with Crippen LogP contribution < -0.4 is 5.56 Å². The molecule has 0 saturated carbocycles. The Morgan fingerprint density at radius 2 is 1.80 bits per heavy atom. The van der Waals surface area contributed by atoms with Gasteiger partial charge in [-0.05, 0) is 35.5 Å². The molecule has 2 aromatic heterocycles. The molecule has 4 aromatic rings. The minimum Gasteiger partial charge on any atom is -0.323 e. The Bertz CT molecular complexity index is 1160. The third-order valence-corrected chi connectivity index (χ3v) is 5.52. The van der Waals surface area contributed by atoms with Crippen LogP contribution in [-0.2, 0) is 6.54 Å². The Hall–Kier alpha value is -2.21. The summed E-state index contributed by atoms with van der Waals surface area (Å²) in [5.74, 6) is 0. The monoisotopic (exact) mass is 384 g/mol. The summed E-state index contributed by atoms with van der Waals surface area (Å²) in [6.07, 6.45) is 0. The van der Waals surface area contributed by atoms with E-state index in [1.54, 1.807) is 4.57 Å². The lowest BCUT2D eigenvalue weighted by Crippen LogP contribution is -2.22. The Morgan fingerprint density at radius 3 is 2.52 bits per heavy atom. The highest BCUT2D eigenvalue weighted by Gasteiger charge is 2.14. The number of aromatic nitrogens is 2. The largest absolute Gasteiger partial charge is 0.323 e. The van der Waals surface area contributed by atoms with E-state index >= 15 is 0 Å². The second-order valence-corrected chi connectivity index (χ2v) is 7.37. The third kappa shape index (κ3) is 3.06. The summed E-state index contributed by atoms with van der Waals surface area (Å²) in [6, 6.07) is 17.3. The number of benzene rings is 2. The second kappa shape index (κ2) is 6.59. The molecule has 0 amide bonds. The van der Waals surface area contributed by atoms with Gasteiger partial charge in [0.25, 0.3) is 5.56 Å². The van der Waals surface area contributed by atoms with Gasteiger partial charge in [-0.3, -0.25) is 9.36 Å². The van der Waals surface area contributed by atoms with Crippen molar-refractivity contribution in [3.05, 3.63) is 85.7 Å². The number of halogens is 1. The fourth-order valence-electron chi connectivity index (χ4n) is 2.81. The van der Waals surface area contributed by atoms with Crippen LogP contribution in [0.3, 0.4) is 0 Å². The molecule has 0 saturated heterocycles. The summed E-state index contributed by atoms with van der Waals surface area (Å²) in [6.45, 7) is 0.445. The van der Waals surface area contributed by atoms with E-state index in [2.05, 4.69) is 4.98 Å². The number of hydrogen-bond acceptors (Lipinski definition) is 3. The highest BCUT2D eigenvalue weighted by molar-refractivity contribution is 7.71. The highest BCUT2D eigenvalue weighted by Crippen LogP contribution is 2.31. The van der Waals surface area contributed by atoms with Gasteiger partial charge in [0.2, 0.25) is 0 Å². The first-order chi connectivity index (χ1) is 12.1. The van der Waals surface area contributed by atoms with Gasteiger partial charge < -0.3 is 4.98 Å². The van der Waals surface area contributed by atoms with Crippen molar-refractivity contribution in [3.63, 3.8) is 0 Å². The molecule has 124 valence electrons. The van der Waals surface area contributed by atoms with E-state index in [-0.39, 0.29) is 5.56 Å². The molecule has 2 aromatic carbocycles. The lowest BCUT2D eigenvalue weighted by Gasteiger charge is -2.08. The quantitative estimate of drug-likeness (QED) is 0.474. The maximum atomic E-state index is 13.1. The maximum absolute atomic E-state index is 13.1. The SMILES string of the molecule is O=c1c2c(-c3ccc(Cl)cc3)csc2[nH]c(=S)n1Cc1ccccc1. The first-order valence-electron chi connectivity index (χ1n) is 7.67. The van der Waals surface area contributed by atoms with E-state index in [1.807, 2.05) is 60.0 Å². The molecule has 3 nitrogen and oxygen atoms in total. The van der Waals surface area contributed by atoms with Gasteiger partial charge in [0.05, 0.1) is 11.9 Å². The summed E-state index contributed by atoms with van der Waals surface area (Å²) in [5.41, 5.74) is 2.82. The number of nitrogens with zero attached hydrogens (tertiary/aromatic N) is 1. The molecule has 0 aliphatic heterocycles. The number of rotatable bonds is 3. The number of thiophene rings is 1. The molecule has 0 unspecified atom stereocenters. The van der Waals surface area contributed by atoms with Crippen LogP contribution in [0.15, 0.2) is 64.8 Å². The molecule has 6 heteroatoms. The first-order valence-corrected chi connectivity index (χ1v) is 9.34. The van der Waals surface area contributed by atoms with Crippen molar-refractivity contribution in [1.29, 1.82) is 0 Å². The zero-order valence-electron chi connectivity index (χ0n) is 13.0. The predicted molar refractivity (Wildman–Crippen MR) is 107 cm³/mol. The van der Waals surface area contributed by atoms with Gasteiger partial charge in [-0.2, -0.15) is 0 Å². The number of hydrogen-bond donors (Lipinski definition) is 1. The highest BCUT2D eigenvalue weighted by atomic mass is 35.5. The van der Waals surface area contributed by atoms with Gasteiger partial charge in [-0.15, -0.1) is 11.3 Å². The molecule has 0 aliphatic rings. The summed E-state index contributed by atoms with van der Waals surface area (Å²) < 4.78 is 2.05. The molecule has 0 radical (unpaired) electrons. The van der Waals surface area contributed by atoms with Gasteiger partial charge in [0, 0.05) is 16.0 Å². The van der Waals surface area contributed by atoms with E-state index in [4.69, 9.17) is 23.8 Å². The smallest absolute Gasteiger partial charge is 0.263 e. The van der Waals surface area contributed by atoms with Crippen molar-refractivity contribution in [2.45, 2.75) is 6.54 Å². The summed E-state index contributed by atoms with van der Waals surface area (Å²) in [5, 5.41) is 3.31. The van der Waals surface area contributed by atoms with Crippen LogP contribution in [0.2, 0.25) is 5.02 Å². The minimum absolute atomic E-state index is 0.0752. The number of H-pyrrole nitrogens is 1. The fourth-order valence-corrected chi connectivity index (χ4v) is 4.21. The van der Waals surface area contributed by atoms with Gasteiger partial charge >= 0.3 is 0 Å². The zero-order valence-corrected chi connectivity index (χ0v) is 15.4. The molecular formula is C19H13ClN2OS2. The van der Waals surface area contributed by atoms with Crippen molar-refractivity contribution < 1.29 is 0 Å². The number of nitrogens with one attached hydrogen (secondary N) is 1. The van der Waals surface area contributed by atoms with Crippen LogP contribution in [0.25, 0.3) is 21.3 Å². The van der Waals surface area contributed by atoms with Crippen LogP contribution in [0.1, 0.15) is 5.56 Å². The molecular weight excluding hydrogens is 372 g/mol. The molecule has 0 spiro atoms. The maximum Gasteiger partial charge on any atom is 0.263 e. The fraction of sp³-hybridized carbons (Fsp3) is 0.0526. The van der Waals surface area contributed by atoms with E-state index in [1.165, 1.54) is 11.3 Å². The lowest BCUT2D eigenvalue weighted by atomic mass is 10.1. The normalized spacial score (nSPS) is 11.1. The predicted octanol–water partition coefficient (Wildman–Crippen LogP) is 5.49. The van der Waals surface area contributed by atoms with Gasteiger partial charge in [-0.25, -0.2) is 0 Å². The average molecular weight is 385 g/mol. The molecule has 0 atom stereocenters. The number of fused-ring (bicyclic) bond motifs is 1. The lowest BCUT2D eigenvalue weighted by molar-refractivity contribution is 0.735. The van der Waals surface area contributed by atoms with E-state index in [0.29, 0.717) is 21.7 Å². The van der Waals surface area contributed by atoms with Crippen LogP contribution in [0.4, 0.5) is 0 Å². The summed E-state index contributed by atoms with van der Waals surface area (Å²) in [4.78, 5) is 17.1. The standard InChI is InChI=1S/C19H13ClN2OS2/c20-14-8-6-13(7-9-14)15-11-25-17-16(15)18(23)22(19(24)21-17)10-12-4-2-1-3-5-12/h1-9,11H,10H2,(H,21,24). The number of aromatic amines is 1. The Balaban J connectivity index is 1.91. The summed E-state index contributed by atoms with van der Waals surface area (Å²) in [7, 11) is 0. The van der Waals surface area contributed by atoms with Gasteiger partial charge in [0.15, 0.2) is 4.77 Å². The third-order valence-electron chi connectivity index (χ3n) is 4.05. The Kier molecular flexibility index (Phi) is 4.29. The van der Waals surface area contributed by atoms with Crippen molar-refractivity contribution >= 4 is 45.4 Å². The molecule has 1 N–H and O–H groups in total. The van der Waals surface area contributed by atoms with E-state index in [0.717, 1.165) is 21.5 Å². The zero-order chi connectivity index (χ0) is 17.4. The average Bonchev–Trinajstić information content (AvgIpc) is 3.04. The first kappa shape index (κ1) is 16.3. The minimum atomic E-state index is -0.0752. The van der Waals surface area contributed by atoms with Crippen molar-refractivity contribution in [2.24, 2.45) is 0 Å². The van der Waals surface area contributed by atoms with E-state index < -0.39 is 0 Å². The van der Waals surface area contributed by atoms with Crippen molar-refractivity contribution in [2.75, 3.05) is 0 Å². The van der Waals surface area contributed by atoms with Crippen LogP contribution in [-0.4, -0.2) is 9.55 Å². The molecule has 25 heavy (non-hydrogen) atoms. The van der Waals surface area contributed by atoms with Crippen molar-refractivity contribution in [1.82, 2.24) is 9.55 Å². The Labute approximate surface area is 158 Å². The molecule has 0 bridgehead atoms. The molecule has 0 aliphatic carbocycles. The van der Waals surface area contributed by atoms with Crippen LogP contribution >= 0.6 is 35.2 Å². The summed E-state index contributed by atoms with van der Waals surface area (Å²) >= 11 is 12.9. The topological polar surface area (TPSA) is 37.8 Å². The molecule has 4 rings (SSSR count). The van der Waals surface area contributed by atoms with Crippen LogP contribution in [0, 0.1) is 4.77 Å². The molecule has 2 heterocycles. The van der Waals surface area contributed by atoms with Crippen molar-refractivity contribution in [3.8, 4) is 11.1 Å². The second-order valence-electron chi connectivity index (χ2n) is 5.67. The molecule has 0 fully saturated rings.